The summed E-state index contributed by atoms with van der Waals surface area (Å²) in [6, 6.07) is 5.28. The lowest BCUT2D eigenvalue weighted by atomic mass is 10.0. The number of hydroxylamine groups is 2. The van der Waals surface area contributed by atoms with E-state index in [1.54, 1.807) is 38.4 Å². The molecule has 3 amide bonds. The second-order valence-corrected chi connectivity index (χ2v) is 10.0. The fourth-order valence-electron chi connectivity index (χ4n) is 4.77. The smallest absolute Gasteiger partial charge is 0.251 e. The summed E-state index contributed by atoms with van der Waals surface area (Å²) in [7, 11) is 5.27. The Morgan fingerprint density at radius 1 is 1.20 bits per heavy atom. The third kappa shape index (κ3) is 6.77. The number of nitrogens with one attached hydrogen (secondary N) is 2. The minimum absolute atomic E-state index is 0.0589. The van der Waals surface area contributed by atoms with Crippen molar-refractivity contribution < 1.29 is 24.3 Å². The second-order valence-electron chi connectivity index (χ2n) is 10.0. The zero-order valence-corrected chi connectivity index (χ0v) is 23.5. The van der Waals surface area contributed by atoms with Crippen LogP contribution in [-0.4, -0.2) is 103 Å². The molecule has 1 aromatic carbocycles. The van der Waals surface area contributed by atoms with Gasteiger partial charge in [0.15, 0.2) is 5.82 Å². The van der Waals surface area contributed by atoms with Crippen LogP contribution in [0.3, 0.4) is 0 Å². The van der Waals surface area contributed by atoms with Crippen molar-refractivity contribution in [3.63, 3.8) is 0 Å². The Morgan fingerprint density at radius 2 is 1.95 bits per heavy atom. The number of ether oxygens (including phenoxy) is 1. The summed E-state index contributed by atoms with van der Waals surface area (Å²) in [5, 5.41) is 16.7. The molecule has 0 saturated carbocycles. The maximum Gasteiger partial charge on any atom is 0.251 e. The molecule has 2 aromatic rings. The van der Waals surface area contributed by atoms with Crippen LogP contribution in [0.2, 0.25) is 0 Å². The second kappa shape index (κ2) is 12.9. The molecule has 0 aliphatic carbocycles. The van der Waals surface area contributed by atoms with Gasteiger partial charge in [0.25, 0.3) is 5.91 Å². The number of nitrogens with zero attached hydrogens (tertiary/aromatic N) is 6. The summed E-state index contributed by atoms with van der Waals surface area (Å²) in [6.07, 6.45) is 3.69. The van der Waals surface area contributed by atoms with Crippen LogP contribution in [0, 0.1) is 0 Å². The third-order valence-corrected chi connectivity index (χ3v) is 7.33. The van der Waals surface area contributed by atoms with Crippen molar-refractivity contribution in [3.05, 3.63) is 30.0 Å². The van der Waals surface area contributed by atoms with E-state index in [0.29, 0.717) is 40.1 Å². The van der Waals surface area contributed by atoms with E-state index in [-0.39, 0.29) is 49.7 Å². The molecule has 3 heterocycles. The summed E-state index contributed by atoms with van der Waals surface area (Å²) in [4.78, 5) is 52.3. The van der Waals surface area contributed by atoms with Gasteiger partial charge in [-0.2, -0.15) is 4.98 Å². The Bertz CT molecular complexity index is 1230. The molecular weight excluding hydrogens is 516 g/mol. The zero-order chi connectivity index (χ0) is 28.8. The van der Waals surface area contributed by atoms with Crippen LogP contribution in [0.25, 0.3) is 0 Å². The number of anilines is 4. The van der Waals surface area contributed by atoms with Gasteiger partial charge < -0.3 is 30.1 Å². The van der Waals surface area contributed by atoms with Gasteiger partial charge in [0.05, 0.1) is 19.0 Å². The van der Waals surface area contributed by atoms with Crippen LogP contribution < -0.4 is 25.2 Å². The number of hydrogen-bond acceptors (Lipinski definition) is 10. The van der Waals surface area contributed by atoms with E-state index in [1.807, 2.05) is 4.90 Å². The minimum atomic E-state index is -0.412. The van der Waals surface area contributed by atoms with Crippen molar-refractivity contribution in [1.82, 2.24) is 25.2 Å². The number of carbonyl (C=O) groups is 3. The average molecular weight is 555 g/mol. The van der Waals surface area contributed by atoms with E-state index in [4.69, 9.17) is 4.74 Å². The van der Waals surface area contributed by atoms with E-state index in [2.05, 4.69) is 32.5 Å². The van der Waals surface area contributed by atoms with Crippen LogP contribution >= 0.6 is 0 Å². The van der Waals surface area contributed by atoms with Gasteiger partial charge in [-0.15, -0.1) is 0 Å². The SMILES string of the molecule is CCN(O)C(=O)CCN1CCC(=O)N(C)c2cnc(Nc3ccc(C(=O)NC4CCN(C)CC4)cc3OC)nc21. The number of hydrogen-bond donors (Lipinski definition) is 3. The molecule has 0 bridgehead atoms. The van der Waals surface area contributed by atoms with E-state index in [0.717, 1.165) is 25.9 Å². The number of carbonyl (C=O) groups excluding carboxylic acids is 3. The highest BCUT2D eigenvalue weighted by Gasteiger charge is 2.27. The molecule has 0 spiro atoms. The molecule has 4 rings (SSSR count). The molecule has 0 radical (unpaired) electrons. The first-order valence-corrected chi connectivity index (χ1v) is 13.5. The van der Waals surface area contributed by atoms with Crippen molar-refractivity contribution in [2.75, 3.05) is 69.0 Å². The number of fused-ring (bicyclic) bond motifs is 1. The minimum Gasteiger partial charge on any atom is -0.495 e. The molecule has 13 nitrogen and oxygen atoms in total. The van der Waals surface area contributed by atoms with Gasteiger partial charge in [0, 0.05) is 51.1 Å². The largest absolute Gasteiger partial charge is 0.495 e. The van der Waals surface area contributed by atoms with Gasteiger partial charge in [-0.25, -0.2) is 10.0 Å². The van der Waals surface area contributed by atoms with E-state index in [1.165, 1.54) is 12.0 Å². The first-order valence-electron chi connectivity index (χ1n) is 13.5. The van der Waals surface area contributed by atoms with Gasteiger partial charge in [0.2, 0.25) is 17.8 Å². The Hall–Kier alpha value is -3.97. The van der Waals surface area contributed by atoms with Crippen LogP contribution in [-0.2, 0) is 9.59 Å². The molecule has 1 aromatic heterocycles. The summed E-state index contributed by atoms with van der Waals surface area (Å²) < 4.78 is 5.56. The first kappa shape index (κ1) is 29.0. The fourth-order valence-corrected chi connectivity index (χ4v) is 4.77. The number of benzene rings is 1. The molecule has 1 saturated heterocycles. The van der Waals surface area contributed by atoms with Crippen molar-refractivity contribution in [3.8, 4) is 5.75 Å². The summed E-state index contributed by atoms with van der Waals surface area (Å²) in [6.45, 7) is 4.41. The Balaban J connectivity index is 1.52. The maximum absolute atomic E-state index is 12.9. The van der Waals surface area contributed by atoms with Gasteiger partial charge in [-0.1, -0.05) is 0 Å². The standard InChI is InChI=1S/C27H38N8O5/c1-5-35(39)24(37)11-15-34-14-10-23(36)33(3)21-17-28-27(31-25(21)34)30-20-7-6-18(16-22(20)40-4)26(38)29-19-8-12-32(2)13-9-19/h6-7,16-17,19,39H,5,8-15H2,1-4H3,(H,29,38)(H,28,30,31). The number of amides is 3. The molecule has 40 heavy (non-hydrogen) atoms. The summed E-state index contributed by atoms with van der Waals surface area (Å²) >= 11 is 0. The molecule has 0 atom stereocenters. The maximum atomic E-state index is 12.9. The van der Waals surface area contributed by atoms with Gasteiger partial charge in [-0.3, -0.25) is 19.6 Å². The van der Waals surface area contributed by atoms with Crippen molar-refractivity contribution in [1.29, 1.82) is 0 Å². The number of piperidine rings is 1. The quantitative estimate of drug-likeness (QED) is 0.310. The third-order valence-electron chi connectivity index (χ3n) is 7.33. The predicted octanol–water partition coefficient (Wildman–Crippen LogP) is 1.85. The lowest BCUT2D eigenvalue weighted by Crippen LogP contribution is -2.43. The Morgan fingerprint density at radius 3 is 2.65 bits per heavy atom. The van der Waals surface area contributed by atoms with Crippen molar-refractivity contribution in [2.24, 2.45) is 0 Å². The highest BCUT2D eigenvalue weighted by Crippen LogP contribution is 2.33. The summed E-state index contributed by atoms with van der Waals surface area (Å²) in [5.41, 5.74) is 1.58. The first-order chi connectivity index (χ1) is 19.2. The van der Waals surface area contributed by atoms with Crippen molar-refractivity contribution >= 4 is 40.9 Å². The van der Waals surface area contributed by atoms with Gasteiger partial charge in [0.1, 0.15) is 11.4 Å². The fraction of sp³-hybridized carbons (Fsp3) is 0.519. The Labute approximate surface area is 234 Å². The molecule has 0 unspecified atom stereocenters. The monoisotopic (exact) mass is 554 g/mol. The molecule has 3 N–H and O–H groups in total. The van der Waals surface area contributed by atoms with Crippen LogP contribution in [0.1, 0.15) is 43.0 Å². The van der Waals surface area contributed by atoms with Gasteiger partial charge in [-0.05, 0) is 58.1 Å². The lowest BCUT2D eigenvalue weighted by Gasteiger charge is -2.29. The molecule has 13 heteroatoms. The highest BCUT2D eigenvalue weighted by atomic mass is 16.5. The van der Waals surface area contributed by atoms with E-state index in [9.17, 15) is 19.6 Å². The van der Waals surface area contributed by atoms with Gasteiger partial charge >= 0.3 is 0 Å². The number of aromatic nitrogens is 2. The normalized spacial score (nSPS) is 16.3. The number of rotatable bonds is 9. The predicted molar refractivity (Wildman–Crippen MR) is 150 cm³/mol. The lowest BCUT2D eigenvalue weighted by molar-refractivity contribution is -0.164. The van der Waals surface area contributed by atoms with Crippen molar-refractivity contribution in [2.45, 2.75) is 38.6 Å². The Kier molecular flexibility index (Phi) is 9.38. The summed E-state index contributed by atoms with van der Waals surface area (Å²) in [5.74, 6) is 0.553. The topological polar surface area (TPSA) is 143 Å². The number of likely N-dealkylation sites (tertiary alicyclic amines) is 1. The average Bonchev–Trinajstić information content (AvgIpc) is 3.08. The number of methoxy groups -OCH3 is 1. The zero-order valence-electron chi connectivity index (χ0n) is 23.5. The molecule has 1 fully saturated rings. The van der Waals surface area contributed by atoms with Crippen LogP contribution in [0.5, 0.6) is 5.75 Å². The molecule has 2 aliphatic rings. The molecular formula is C27H38N8O5. The van der Waals surface area contributed by atoms with E-state index < -0.39 is 5.91 Å². The van der Waals surface area contributed by atoms with E-state index >= 15 is 0 Å². The van der Waals surface area contributed by atoms with Crippen LogP contribution in [0.4, 0.5) is 23.1 Å². The molecule has 2 aliphatic heterocycles. The highest BCUT2D eigenvalue weighted by molar-refractivity contribution is 5.97. The molecule has 216 valence electrons. The van der Waals surface area contributed by atoms with Crippen LogP contribution in [0.15, 0.2) is 24.4 Å².